The second-order valence-corrected chi connectivity index (χ2v) is 4.78. The SMILES string of the molecule is CC(C)c1ccc(Nc2ccccc2N)c(C#N)c1. The number of rotatable bonds is 3. The lowest BCUT2D eigenvalue weighted by Gasteiger charge is -2.13. The van der Waals surface area contributed by atoms with Crippen molar-refractivity contribution in [3.63, 3.8) is 0 Å². The number of para-hydroxylation sites is 2. The molecule has 2 rings (SSSR count). The Bertz CT molecular complexity index is 624. The molecule has 0 unspecified atom stereocenters. The molecule has 0 bridgehead atoms. The Hall–Kier alpha value is -2.47. The second kappa shape index (κ2) is 5.45. The van der Waals surface area contributed by atoms with E-state index in [0.717, 1.165) is 16.9 Å². The van der Waals surface area contributed by atoms with Gasteiger partial charge in [-0.1, -0.05) is 32.0 Å². The van der Waals surface area contributed by atoms with Crippen molar-refractivity contribution in [2.75, 3.05) is 11.1 Å². The third-order valence-electron chi connectivity index (χ3n) is 3.06. The van der Waals surface area contributed by atoms with Gasteiger partial charge in [0.25, 0.3) is 0 Å². The number of benzene rings is 2. The lowest BCUT2D eigenvalue weighted by Crippen LogP contribution is -1.99. The van der Waals surface area contributed by atoms with E-state index in [2.05, 4.69) is 25.2 Å². The van der Waals surface area contributed by atoms with E-state index in [1.54, 1.807) is 0 Å². The summed E-state index contributed by atoms with van der Waals surface area (Å²) in [6, 6.07) is 15.6. The normalized spacial score (nSPS) is 10.2. The van der Waals surface area contributed by atoms with E-state index in [0.29, 0.717) is 17.2 Å². The van der Waals surface area contributed by atoms with Crippen LogP contribution < -0.4 is 11.1 Å². The number of anilines is 3. The zero-order valence-corrected chi connectivity index (χ0v) is 11.1. The molecule has 3 heteroatoms. The average molecular weight is 251 g/mol. The van der Waals surface area contributed by atoms with Gasteiger partial charge in [0.2, 0.25) is 0 Å². The first kappa shape index (κ1) is 13.0. The fraction of sp³-hybridized carbons (Fsp3) is 0.188. The Morgan fingerprint density at radius 1 is 1.11 bits per heavy atom. The van der Waals surface area contributed by atoms with Crippen LogP contribution in [-0.2, 0) is 0 Å². The highest BCUT2D eigenvalue weighted by atomic mass is 14.9. The number of hydrogen-bond donors (Lipinski definition) is 2. The molecule has 3 nitrogen and oxygen atoms in total. The van der Waals surface area contributed by atoms with Gasteiger partial charge in [0.05, 0.1) is 22.6 Å². The molecule has 0 fully saturated rings. The lowest BCUT2D eigenvalue weighted by atomic mass is 10.00. The monoisotopic (exact) mass is 251 g/mol. The van der Waals surface area contributed by atoms with Crippen molar-refractivity contribution < 1.29 is 0 Å². The van der Waals surface area contributed by atoms with Crippen LogP contribution in [0.4, 0.5) is 17.1 Å². The largest absolute Gasteiger partial charge is 0.397 e. The van der Waals surface area contributed by atoms with Crippen molar-refractivity contribution in [2.24, 2.45) is 0 Å². The van der Waals surface area contributed by atoms with Gasteiger partial charge in [-0.2, -0.15) is 5.26 Å². The summed E-state index contributed by atoms with van der Waals surface area (Å²) in [5.41, 5.74) is 9.95. The maximum Gasteiger partial charge on any atom is 0.101 e. The molecule has 2 aromatic rings. The fourth-order valence-electron chi connectivity index (χ4n) is 1.88. The summed E-state index contributed by atoms with van der Waals surface area (Å²) in [6.07, 6.45) is 0. The molecule has 0 saturated carbocycles. The number of nitrogens with two attached hydrogens (primary N) is 1. The molecular weight excluding hydrogens is 234 g/mol. The van der Waals surface area contributed by atoms with Crippen LogP contribution in [0.25, 0.3) is 0 Å². The van der Waals surface area contributed by atoms with E-state index in [4.69, 9.17) is 5.73 Å². The van der Waals surface area contributed by atoms with Gasteiger partial charge in [-0.3, -0.25) is 0 Å². The van der Waals surface area contributed by atoms with Crippen LogP contribution in [0, 0.1) is 11.3 Å². The van der Waals surface area contributed by atoms with Crippen LogP contribution in [0.5, 0.6) is 0 Å². The van der Waals surface area contributed by atoms with E-state index in [-0.39, 0.29) is 0 Å². The fourth-order valence-corrected chi connectivity index (χ4v) is 1.88. The maximum absolute atomic E-state index is 9.25. The lowest BCUT2D eigenvalue weighted by molar-refractivity contribution is 0.866. The van der Waals surface area contributed by atoms with Crippen LogP contribution in [0.2, 0.25) is 0 Å². The average Bonchev–Trinajstić information content (AvgIpc) is 2.41. The Morgan fingerprint density at radius 3 is 2.47 bits per heavy atom. The summed E-state index contributed by atoms with van der Waals surface area (Å²) in [5.74, 6) is 0.406. The summed E-state index contributed by atoms with van der Waals surface area (Å²) in [7, 11) is 0. The van der Waals surface area contributed by atoms with Crippen LogP contribution in [0.1, 0.15) is 30.9 Å². The molecule has 0 atom stereocenters. The van der Waals surface area contributed by atoms with Gasteiger partial charge >= 0.3 is 0 Å². The topological polar surface area (TPSA) is 61.8 Å². The molecule has 19 heavy (non-hydrogen) atoms. The van der Waals surface area contributed by atoms with Gasteiger partial charge in [-0.25, -0.2) is 0 Å². The molecule has 0 aliphatic rings. The highest BCUT2D eigenvalue weighted by molar-refractivity contribution is 5.75. The standard InChI is InChI=1S/C16H17N3/c1-11(2)12-7-8-15(13(9-12)10-17)19-16-6-4-3-5-14(16)18/h3-9,11,19H,18H2,1-2H3. The predicted octanol–water partition coefficient (Wildman–Crippen LogP) is 4.01. The minimum absolute atomic E-state index is 0.406. The first-order valence-corrected chi connectivity index (χ1v) is 6.27. The zero-order chi connectivity index (χ0) is 13.8. The Morgan fingerprint density at radius 2 is 1.84 bits per heavy atom. The molecular formula is C16H17N3. The van der Waals surface area contributed by atoms with Crippen LogP contribution in [0.15, 0.2) is 42.5 Å². The molecule has 0 radical (unpaired) electrons. The number of nitrogens with zero attached hydrogens (tertiary/aromatic N) is 1. The third-order valence-corrected chi connectivity index (χ3v) is 3.06. The quantitative estimate of drug-likeness (QED) is 0.810. The minimum atomic E-state index is 0.406. The molecule has 0 heterocycles. The summed E-state index contributed by atoms with van der Waals surface area (Å²) in [4.78, 5) is 0. The molecule has 2 aromatic carbocycles. The number of nitriles is 1. The second-order valence-electron chi connectivity index (χ2n) is 4.78. The molecule has 0 aromatic heterocycles. The van der Waals surface area contributed by atoms with Crippen molar-refractivity contribution in [3.8, 4) is 6.07 Å². The first-order valence-electron chi connectivity index (χ1n) is 6.27. The summed E-state index contributed by atoms with van der Waals surface area (Å²) in [6.45, 7) is 4.22. The highest BCUT2D eigenvalue weighted by Crippen LogP contribution is 2.27. The number of hydrogen-bond acceptors (Lipinski definition) is 3. The summed E-state index contributed by atoms with van der Waals surface area (Å²) >= 11 is 0. The van der Waals surface area contributed by atoms with Crippen molar-refractivity contribution >= 4 is 17.1 Å². The van der Waals surface area contributed by atoms with Crippen LogP contribution in [0.3, 0.4) is 0 Å². The maximum atomic E-state index is 9.25. The van der Waals surface area contributed by atoms with Gasteiger partial charge in [0, 0.05) is 0 Å². The van der Waals surface area contributed by atoms with Crippen molar-refractivity contribution in [3.05, 3.63) is 53.6 Å². The summed E-state index contributed by atoms with van der Waals surface area (Å²) in [5, 5.41) is 12.5. The van der Waals surface area contributed by atoms with Crippen molar-refractivity contribution in [1.82, 2.24) is 0 Å². The van der Waals surface area contributed by atoms with Gasteiger partial charge in [0.1, 0.15) is 6.07 Å². The van der Waals surface area contributed by atoms with E-state index >= 15 is 0 Å². The predicted molar refractivity (Wildman–Crippen MR) is 79.4 cm³/mol. The van der Waals surface area contributed by atoms with E-state index in [9.17, 15) is 5.26 Å². The number of nitrogen functional groups attached to an aromatic ring is 1. The van der Waals surface area contributed by atoms with E-state index in [1.807, 2.05) is 42.5 Å². The minimum Gasteiger partial charge on any atom is -0.397 e. The molecule has 0 aliphatic carbocycles. The first-order chi connectivity index (χ1) is 9.11. The molecule has 0 amide bonds. The van der Waals surface area contributed by atoms with Crippen molar-refractivity contribution in [1.29, 1.82) is 5.26 Å². The van der Waals surface area contributed by atoms with Gasteiger partial charge < -0.3 is 11.1 Å². The van der Waals surface area contributed by atoms with Crippen LogP contribution >= 0.6 is 0 Å². The Balaban J connectivity index is 2.36. The van der Waals surface area contributed by atoms with E-state index < -0.39 is 0 Å². The Labute approximate surface area is 113 Å². The van der Waals surface area contributed by atoms with Crippen LogP contribution in [-0.4, -0.2) is 0 Å². The van der Waals surface area contributed by atoms with Crippen molar-refractivity contribution in [2.45, 2.75) is 19.8 Å². The van der Waals surface area contributed by atoms with Gasteiger partial charge in [-0.05, 0) is 35.7 Å². The zero-order valence-electron chi connectivity index (χ0n) is 11.1. The van der Waals surface area contributed by atoms with Gasteiger partial charge in [-0.15, -0.1) is 0 Å². The smallest absolute Gasteiger partial charge is 0.101 e. The summed E-state index contributed by atoms with van der Waals surface area (Å²) < 4.78 is 0. The molecule has 0 saturated heterocycles. The highest BCUT2D eigenvalue weighted by Gasteiger charge is 2.07. The molecule has 0 aliphatic heterocycles. The Kier molecular flexibility index (Phi) is 3.72. The molecule has 3 N–H and O–H groups in total. The number of nitrogens with one attached hydrogen (secondary N) is 1. The third kappa shape index (κ3) is 2.86. The molecule has 0 spiro atoms. The molecule has 96 valence electrons. The van der Waals surface area contributed by atoms with E-state index in [1.165, 1.54) is 0 Å². The van der Waals surface area contributed by atoms with Gasteiger partial charge in [0.15, 0.2) is 0 Å².